The predicted octanol–water partition coefficient (Wildman–Crippen LogP) is 2.32. The van der Waals surface area contributed by atoms with Crippen molar-refractivity contribution >= 4 is 11.4 Å². The molecule has 1 aromatic carbocycles. The molecule has 0 aromatic heterocycles. The van der Waals surface area contributed by atoms with Gasteiger partial charge >= 0.3 is 0 Å². The number of rotatable bonds is 8. The average Bonchev–Trinajstić information content (AvgIpc) is 3.61. The summed E-state index contributed by atoms with van der Waals surface area (Å²) < 4.78 is 0. The first-order valence-electron chi connectivity index (χ1n) is 16.4. The van der Waals surface area contributed by atoms with Crippen molar-refractivity contribution in [2.75, 3.05) is 44.5 Å². The molecule has 6 aliphatic rings. The maximum Gasteiger partial charge on any atom is 0.0964 e. The van der Waals surface area contributed by atoms with Gasteiger partial charge in [0.25, 0.3) is 0 Å². The second-order valence-electron chi connectivity index (χ2n) is 14.8. The van der Waals surface area contributed by atoms with Crippen LogP contribution in [0.2, 0.25) is 0 Å². The second kappa shape index (κ2) is 10.9. The standard InChI is InChI=1S/C32H53N7O2/c1-32(10-4-11-32)21-6-7-24-25(16-21)36-27(35-24)8-5-19-13-22(14-19)37(2)17-20-15-26(29(41)28(20)40)39-12-9-23-30(33)34-18-38(3)31(23)39/h6-7,16,19-20,22-23,26-31,34-36,40-41H,4-5,8-15,17-18,33H2,1-3H3/t19-,20-,22+,23?,26-,27?,28-,29+,30?,31?/m1/s1. The van der Waals surface area contributed by atoms with Gasteiger partial charge in [0.2, 0.25) is 0 Å². The molecule has 3 aliphatic heterocycles. The zero-order valence-electron chi connectivity index (χ0n) is 25.3. The smallest absolute Gasteiger partial charge is 0.0964 e. The van der Waals surface area contributed by atoms with Crippen molar-refractivity contribution in [3.8, 4) is 0 Å². The molecule has 228 valence electrons. The van der Waals surface area contributed by atoms with E-state index in [1.807, 2.05) is 0 Å². The summed E-state index contributed by atoms with van der Waals surface area (Å²) in [6.45, 7) is 4.96. The lowest BCUT2D eigenvalue weighted by Crippen LogP contribution is -2.64. The molecular formula is C32H53N7O2. The molecule has 0 radical (unpaired) electrons. The van der Waals surface area contributed by atoms with Crippen LogP contribution in [0.5, 0.6) is 0 Å². The molecular weight excluding hydrogens is 514 g/mol. The van der Waals surface area contributed by atoms with E-state index in [-0.39, 0.29) is 24.3 Å². The number of nitrogens with zero attached hydrogens (tertiary/aromatic N) is 3. The maximum atomic E-state index is 11.1. The van der Waals surface area contributed by atoms with Gasteiger partial charge in [-0.1, -0.05) is 19.4 Å². The Labute approximate surface area is 246 Å². The lowest BCUT2D eigenvalue weighted by atomic mass is 9.66. The summed E-state index contributed by atoms with van der Waals surface area (Å²) in [6, 6.07) is 7.57. The van der Waals surface area contributed by atoms with Crippen LogP contribution in [0.4, 0.5) is 11.4 Å². The maximum absolute atomic E-state index is 11.1. The number of aliphatic hydroxyl groups excluding tert-OH is 2. The van der Waals surface area contributed by atoms with Gasteiger partial charge in [-0.25, -0.2) is 0 Å². The van der Waals surface area contributed by atoms with Crippen LogP contribution in [-0.4, -0.2) is 102 Å². The van der Waals surface area contributed by atoms with E-state index in [1.165, 1.54) is 55.5 Å². The number of nitrogens with two attached hydrogens (primary N) is 1. The molecule has 0 spiro atoms. The Morgan fingerprint density at radius 2 is 1.85 bits per heavy atom. The van der Waals surface area contributed by atoms with Gasteiger partial charge in [-0.2, -0.15) is 0 Å². The first kappa shape index (κ1) is 28.3. The molecule has 3 heterocycles. The summed E-state index contributed by atoms with van der Waals surface area (Å²) in [4.78, 5) is 7.22. The van der Waals surface area contributed by atoms with E-state index in [2.05, 4.69) is 69.9 Å². The van der Waals surface area contributed by atoms with E-state index in [1.54, 1.807) is 0 Å². The van der Waals surface area contributed by atoms with E-state index >= 15 is 0 Å². The lowest BCUT2D eigenvalue weighted by Gasteiger charge is -2.45. The molecule has 2 saturated heterocycles. The topological polar surface area (TPSA) is 112 Å². The van der Waals surface area contributed by atoms with Crippen LogP contribution in [0.15, 0.2) is 18.2 Å². The van der Waals surface area contributed by atoms with Crippen LogP contribution < -0.4 is 21.7 Å². The number of aliphatic hydroxyl groups is 2. The number of benzene rings is 1. The Morgan fingerprint density at radius 3 is 2.61 bits per heavy atom. The van der Waals surface area contributed by atoms with E-state index in [9.17, 15) is 10.2 Å². The molecule has 3 saturated carbocycles. The Morgan fingerprint density at radius 1 is 1.07 bits per heavy atom. The molecule has 0 amide bonds. The van der Waals surface area contributed by atoms with E-state index in [4.69, 9.17) is 5.73 Å². The highest BCUT2D eigenvalue weighted by Crippen LogP contribution is 2.46. The largest absolute Gasteiger partial charge is 0.390 e. The summed E-state index contributed by atoms with van der Waals surface area (Å²) in [5, 5.41) is 33.0. The minimum Gasteiger partial charge on any atom is -0.390 e. The van der Waals surface area contributed by atoms with E-state index in [0.29, 0.717) is 23.5 Å². The molecule has 0 bridgehead atoms. The van der Waals surface area contributed by atoms with Crippen molar-refractivity contribution in [2.45, 2.75) is 113 Å². The van der Waals surface area contributed by atoms with Crippen LogP contribution in [0, 0.1) is 17.8 Å². The fraction of sp³-hybridized carbons (Fsp3) is 0.812. The summed E-state index contributed by atoms with van der Waals surface area (Å²) in [6.07, 6.45) is 9.94. The Balaban J connectivity index is 0.861. The highest BCUT2D eigenvalue weighted by atomic mass is 16.3. The van der Waals surface area contributed by atoms with Crippen molar-refractivity contribution in [1.82, 2.24) is 20.0 Å². The van der Waals surface area contributed by atoms with Gasteiger partial charge < -0.3 is 31.5 Å². The van der Waals surface area contributed by atoms with Gasteiger partial charge in [0, 0.05) is 37.0 Å². The number of hydrogen-bond donors (Lipinski definition) is 6. The van der Waals surface area contributed by atoms with Crippen LogP contribution >= 0.6 is 0 Å². The normalized spacial score (nSPS) is 41.8. The molecule has 7 rings (SSSR count). The van der Waals surface area contributed by atoms with Crippen molar-refractivity contribution in [3.05, 3.63) is 23.8 Å². The SMILES string of the molecule is CN1CNC(N)C2CCN([C@@H]3C[C@H](CN(C)[C@H]4C[C@@H](CCC5Nc6ccc(C7(C)CCC7)cc6N5)C4)[C@@H](O)[C@H]3O)C21. The summed E-state index contributed by atoms with van der Waals surface area (Å²) >= 11 is 0. The highest BCUT2D eigenvalue weighted by Gasteiger charge is 2.52. The third-order valence-electron chi connectivity index (χ3n) is 12.2. The Kier molecular flexibility index (Phi) is 7.54. The van der Waals surface area contributed by atoms with Crippen molar-refractivity contribution in [2.24, 2.45) is 23.5 Å². The molecule has 5 fully saturated rings. The summed E-state index contributed by atoms with van der Waals surface area (Å²) in [5.41, 5.74) is 10.8. The van der Waals surface area contributed by atoms with E-state index in [0.717, 1.165) is 44.9 Å². The van der Waals surface area contributed by atoms with Gasteiger partial charge in [0.05, 0.1) is 48.7 Å². The van der Waals surface area contributed by atoms with Crippen molar-refractivity contribution in [1.29, 1.82) is 0 Å². The number of likely N-dealkylation sites (tertiary alicyclic amines) is 1. The van der Waals surface area contributed by atoms with Gasteiger partial charge in [-0.05, 0) is 94.5 Å². The predicted molar refractivity (Wildman–Crippen MR) is 163 cm³/mol. The fourth-order valence-electron chi connectivity index (χ4n) is 9.17. The zero-order valence-corrected chi connectivity index (χ0v) is 25.3. The minimum atomic E-state index is -0.691. The van der Waals surface area contributed by atoms with Gasteiger partial charge in [0.1, 0.15) is 0 Å². The average molecular weight is 568 g/mol. The van der Waals surface area contributed by atoms with Crippen molar-refractivity contribution < 1.29 is 10.2 Å². The highest BCUT2D eigenvalue weighted by molar-refractivity contribution is 5.75. The fourth-order valence-corrected chi connectivity index (χ4v) is 9.17. The second-order valence-corrected chi connectivity index (χ2v) is 14.8. The molecule has 4 unspecified atom stereocenters. The molecule has 9 heteroatoms. The first-order valence-corrected chi connectivity index (χ1v) is 16.4. The minimum absolute atomic E-state index is 0.00196. The monoisotopic (exact) mass is 567 g/mol. The first-order chi connectivity index (χ1) is 19.7. The quantitative estimate of drug-likeness (QED) is 0.282. The number of fused-ring (bicyclic) bond motifs is 2. The lowest BCUT2D eigenvalue weighted by molar-refractivity contribution is -0.0541. The molecule has 1 aromatic rings. The summed E-state index contributed by atoms with van der Waals surface area (Å²) in [5.74, 6) is 1.24. The van der Waals surface area contributed by atoms with Crippen LogP contribution in [-0.2, 0) is 5.41 Å². The van der Waals surface area contributed by atoms with Gasteiger partial charge in [-0.3, -0.25) is 15.1 Å². The molecule has 3 aliphatic carbocycles. The molecule has 7 N–H and O–H groups in total. The molecule has 8 atom stereocenters. The number of nitrogens with one attached hydrogen (secondary N) is 3. The van der Waals surface area contributed by atoms with Crippen LogP contribution in [0.3, 0.4) is 0 Å². The zero-order chi connectivity index (χ0) is 28.5. The molecule has 41 heavy (non-hydrogen) atoms. The molecule has 9 nitrogen and oxygen atoms in total. The van der Waals surface area contributed by atoms with Crippen LogP contribution in [0.1, 0.15) is 70.3 Å². The van der Waals surface area contributed by atoms with Crippen LogP contribution in [0.25, 0.3) is 0 Å². The van der Waals surface area contributed by atoms with Crippen molar-refractivity contribution in [3.63, 3.8) is 0 Å². The Bertz CT molecular complexity index is 1090. The van der Waals surface area contributed by atoms with E-state index < -0.39 is 12.2 Å². The number of anilines is 2. The third kappa shape index (κ3) is 5.09. The summed E-state index contributed by atoms with van der Waals surface area (Å²) in [7, 11) is 4.35. The number of hydrogen-bond acceptors (Lipinski definition) is 9. The van der Waals surface area contributed by atoms with Gasteiger partial charge in [0.15, 0.2) is 0 Å². The Hall–Kier alpha value is -1.46. The third-order valence-corrected chi connectivity index (χ3v) is 12.2. The van der Waals surface area contributed by atoms with Gasteiger partial charge in [-0.15, -0.1) is 0 Å².